The molecule has 2 aliphatic heterocycles. The molecule has 2 aliphatic rings. The molecule has 0 saturated carbocycles. The monoisotopic (exact) mass is 317 g/mol. The zero-order chi connectivity index (χ0) is 16.1. The van der Waals surface area contributed by atoms with Gasteiger partial charge in [-0.15, -0.1) is 0 Å². The second-order valence-electron chi connectivity index (χ2n) is 6.92. The third-order valence-electron chi connectivity index (χ3n) is 5.27. The third-order valence-corrected chi connectivity index (χ3v) is 5.27. The van der Waals surface area contributed by atoms with Crippen molar-refractivity contribution in [3.63, 3.8) is 0 Å². The first-order chi connectivity index (χ1) is 11.3. The molecule has 1 N–H and O–H groups in total. The van der Waals surface area contributed by atoms with Crippen LogP contribution in [0.2, 0.25) is 0 Å². The lowest BCUT2D eigenvalue weighted by molar-refractivity contribution is -0.921. The summed E-state index contributed by atoms with van der Waals surface area (Å²) in [5, 5.41) is 0. The number of rotatable bonds is 4. The molecule has 0 bridgehead atoms. The SMILES string of the molecule is COc1ccccc1C[NH+]1CCC[C@@H](C(=O)N2CCCCC2)C1. The van der Waals surface area contributed by atoms with Crippen LogP contribution in [-0.2, 0) is 11.3 Å². The van der Waals surface area contributed by atoms with E-state index in [2.05, 4.69) is 17.0 Å². The molecule has 0 aromatic heterocycles. The Kier molecular flexibility index (Phi) is 5.55. The summed E-state index contributed by atoms with van der Waals surface area (Å²) in [5.74, 6) is 1.58. The summed E-state index contributed by atoms with van der Waals surface area (Å²) in [6, 6.07) is 8.24. The number of quaternary nitrogens is 1. The number of ether oxygens (including phenoxy) is 1. The Bertz CT molecular complexity index is 526. The number of nitrogens with zero attached hydrogens (tertiary/aromatic N) is 1. The number of carbonyl (C=O) groups excluding carboxylic acids is 1. The Morgan fingerprint density at radius 2 is 2.00 bits per heavy atom. The van der Waals surface area contributed by atoms with Crippen LogP contribution in [0, 0.1) is 5.92 Å². The lowest BCUT2D eigenvalue weighted by Crippen LogP contribution is -3.12. The average Bonchev–Trinajstić information content (AvgIpc) is 2.62. The van der Waals surface area contributed by atoms with Crippen LogP contribution < -0.4 is 9.64 Å². The largest absolute Gasteiger partial charge is 0.496 e. The van der Waals surface area contributed by atoms with Crippen molar-refractivity contribution >= 4 is 5.91 Å². The molecule has 0 radical (unpaired) electrons. The maximum Gasteiger partial charge on any atom is 0.231 e. The highest BCUT2D eigenvalue weighted by molar-refractivity contribution is 5.79. The van der Waals surface area contributed by atoms with E-state index in [-0.39, 0.29) is 5.92 Å². The summed E-state index contributed by atoms with van der Waals surface area (Å²) in [4.78, 5) is 16.4. The number of benzene rings is 1. The fourth-order valence-corrected chi connectivity index (χ4v) is 4.01. The number of carbonyl (C=O) groups is 1. The van der Waals surface area contributed by atoms with E-state index in [9.17, 15) is 4.79 Å². The highest BCUT2D eigenvalue weighted by atomic mass is 16.5. The molecule has 1 aromatic carbocycles. The molecule has 23 heavy (non-hydrogen) atoms. The number of hydrogen-bond acceptors (Lipinski definition) is 2. The molecule has 4 nitrogen and oxygen atoms in total. The summed E-state index contributed by atoms with van der Waals surface area (Å²) in [6.07, 6.45) is 5.84. The van der Waals surface area contributed by atoms with Crippen molar-refractivity contribution in [3.8, 4) is 5.75 Å². The van der Waals surface area contributed by atoms with E-state index in [1.54, 1.807) is 7.11 Å². The molecule has 0 aliphatic carbocycles. The standard InChI is InChI=1S/C19H28N2O2/c1-23-18-10-4-3-8-16(18)14-20-11-7-9-17(15-20)19(22)21-12-5-2-6-13-21/h3-4,8,10,17H,2,5-7,9,11-15H2,1H3/p+1/t17-/m1/s1. The van der Waals surface area contributed by atoms with Crippen molar-refractivity contribution in [2.75, 3.05) is 33.3 Å². The van der Waals surface area contributed by atoms with Gasteiger partial charge in [0.2, 0.25) is 5.91 Å². The zero-order valence-corrected chi connectivity index (χ0v) is 14.2. The zero-order valence-electron chi connectivity index (χ0n) is 14.2. The van der Waals surface area contributed by atoms with Gasteiger partial charge in [0, 0.05) is 18.7 Å². The smallest absolute Gasteiger partial charge is 0.231 e. The van der Waals surface area contributed by atoms with Gasteiger partial charge in [-0.2, -0.15) is 0 Å². The van der Waals surface area contributed by atoms with Crippen LogP contribution in [-0.4, -0.2) is 44.1 Å². The van der Waals surface area contributed by atoms with Crippen LogP contribution in [0.1, 0.15) is 37.7 Å². The Hall–Kier alpha value is -1.55. The minimum atomic E-state index is 0.214. The molecule has 1 amide bonds. The molecule has 126 valence electrons. The van der Waals surface area contributed by atoms with E-state index in [1.807, 2.05) is 12.1 Å². The number of amides is 1. The summed E-state index contributed by atoms with van der Waals surface area (Å²) < 4.78 is 5.47. The molecule has 1 aromatic rings. The molecule has 0 spiro atoms. The van der Waals surface area contributed by atoms with Gasteiger partial charge in [-0.3, -0.25) is 4.79 Å². The first-order valence-electron chi connectivity index (χ1n) is 9.02. The van der Waals surface area contributed by atoms with Gasteiger partial charge in [-0.1, -0.05) is 12.1 Å². The highest BCUT2D eigenvalue weighted by Crippen LogP contribution is 2.18. The number of methoxy groups -OCH3 is 1. The van der Waals surface area contributed by atoms with Crippen molar-refractivity contribution in [3.05, 3.63) is 29.8 Å². The third kappa shape index (κ3) is 4.05. The fourth-order valence-electron chi connectivity index (χ4n) is 4.01. The quantitative estimate of drug-likeness (QED) is 0.913. The van der Waals surface area contributed by atoms with Crippen molar-refractivity contribution in [2.45, 2.75) is 38.6 Å². The number of nitrogens with one attached hydrogen (secondary N) is 1. The van der Waals surface area contributed by atoms with Crippen LogP contribution in [0.4, 0.5) is 0 Å². The van der Waals surface area contributed by atoms with E-state index >= 15 is 0 Å². The summed E-state index contributed by atoms with van der Waals surface area (Å²) in [6.45, 7) is 5.01. The molecular weight excluding hydrogens is 288 g/mol. The van der Waals surface area contributed by atoms with Gasteiger partial charge in [0.15, 0.2) is 0 Å². The molecule has 2 fully saturated rings. The van der Waals surface area contributed by atoms with Crippen molar-refractivity contribution in [1.29, 1.82) is 0 Å². The van der Waals surface area contributed by atoms with Crippen LogP contribution in [0.5, 0.6) is 5.75 Å². The molecule has 2 saturated heterocycles. The van der Waals surface area contributed by atoms with Gasteiger partial charge >= 0.3 is 0 Å². The summed E-state index contributed by atoms with van der Waals surface area (Å²) in [7, 11) is 1.73. The topological polar surface area (TPSA) is 34.0 Å². The number of likely N-dealkylation sites (tertiary alicyclic amines) is 2. The predicted molar refractivity (Wildman–Crippen MR) is 90.5 cm³/mol. The molecule has 3 rings (SSSR count). The second-order valence-corrected chi connectivity index (χ2v) is 6.92. The molecule has 2 atom stereocenters. The Labute approximate surface area is 139 Å². The van der Waals surface area contributed by atoms with Crippen LogP contribution in [0.3, 0.4) is 0 Å². The first-order valence-corrected chi connectivity index (χ1v) is 9.02. The van der Waals surface area contributed by atoms with E-state index in [1.165, 1.54) is 29.7 Å². The van der Waals surface area contributed by atoms with E-state index < -0.39 is 0 Å². The molecule has 1 unspecified atom stereocenters. The van der Waals surface area contributed by atoms with Crippen molar-refractivity contribution in [1.82, 2.24) is 4.90 Å². The van der Waals surface area contributed by atoms with Gasteiger partial charge < -0.3 is 14.5 Å². The maximum absolute atomic E-state index is 12.8. The normalized spacial score (nSPS) is 25.2. The van der Waals surface area contributed by atoms with Crippen LogP contribution in [0.15, 0.2) is 24.3 Å². The van der Waals surface area contributed by atoms with Crippen LogP contribution >= 0.6 is 0 Å². The first kappa shape index (κ1) is 16.3. The number of piperidine rings is 2. The molecule has 2 heterocycles. The van der Waals surface area contributed by atoms with E-state index in [0.717, 1.165) is 51.3 Å². The summed E-state index contributed by atoms with van der Waals surface area (Å²) in [5.41, 5.74) is 1.25. The van der Waals surface area contributed by atoms with Crippen molar-refractivity contribution < 1.29 is 14.4 Å². The molecule has 4 heteroatoms. The van der Waals surface area contributed by atoms with E-state index in [0.29, 0.717) is 5.91 Å². The minimum Gasteiger partial charge on any atom is -0.496 e. The Balaban J connectivity index is 1.60. The fraction of sp³-hybridized carbons (Fsp3) is 0.632. The second kappa shape index (κ2) is 7.82. The van der Waals surface area contributed by atoms with Gasteiger partial charge in [-0.05, 0) is 44.2 Å². The Morgan fingerprint density at radius 1 is 1.22 bits per heavy atom. The van der Waals surface area contributed by atoms with Gasteiger partial charge in [-0.25, -0.2) is 0 Å². The lowest BCUT2D eigenvalue weighted by atomic mass is 9.95. The predicted octanol–water partition coefficient (Wildman–Crippen LogP) is 1.50. The number of para-hydroxylation sites is 1. The number of hydrogen-bond donors (Lipinski definition) is 1. The minimum absolute atomic E-state index is 0.214. The maximum atomic E-state index is 12.8. The Morgan fingerprint density at radius 3 is 2.78 bits per heavy atom. The average molecular weight is 317 g/mol. The highest BCUT2D eigenvalue weighted by Gasteiger charge is 2.32. The van der Waals surface area contributed by atoms with Gasteiger partial charge in [0.05, 0.1) is 26.1 Å². The van der Waals surface area contributed by atoms with Gasteiger partial charge in [0.25, 0.3) is 0 Å². The van der Waals surface area contributed by atoms with E-state index in [4.69, 9.17) is 4.74 Å². The van der Waals surface area contributed by atoms with Crippen LogP contribution in [0.25, 0.3) is 0 Å². The molecular formula is C19H29N2O2+. The summed E-state index contributed by atoms with van der Waals surface area (Å²) >= 11 is 0. The van der Waals surface area contributed by atoms with Crippen molar-refractivity contribution in [2.24, 2.45) is 5.92 Å². The lowest BCUT2D eigenvalue weighted by Gasteiger charge is -2.34. The van der Waals surface area contributed by atoms with Gasteiger partial charge in [0.1, 0.15) is 12.3 Å².